The van der Waals surface area contributed by atoms with E-state index in [2.05, 4.69) is 20.2 Å². The number of aromatic nitrogens is 5. The Morgan fingerprint density at radius 2 is 1.71 bits per heavy atom. The highest BCUT2D eigenvalue weighted by Gasteiger charge is 2.67. The van der Waals surface area contributed by atoms with Crippen molar-refractivity contribution in [3.8, 4) is 11.1 Å². The SMILES string of the molecule is CC(=Cc1nc([C@H](Cc2cc(F)cc(F)c2)NC(=O)Cn2nc(C(F)F)c3c2C(F)(F)[C@@H]2CC32)c(-c2ccc(Cl)c3c(NS(C)(=O)=O)nn(C)c23)cc1I)C(C)(C)S(=O)(=O)C1CC1. The molecule has 22 heteroatoms. The Morgan fingerprint density at radius 1 is 1.05 bits per heavy atom. The van der Waals surface area contributed by atoms with Gasteiger partial charge in [0.15, 0.2) is 15.7 Å². The third-order valence-corrected chi connectivity index (χ3v) is 16.8. The molecular weight excluding hydrogens is 1010 g/mol. The Kier molecular flexibility index (Phi) is 11.3. The van der Waals surface area contributed by atoms with Gasteiger partial charge < -0.3 is 5.32 Å². The number of fused-ring (bicyclic) bond motifs is 4. The first-order chi connectivity index (χ1) is 29.3. The first-order valence-electron chi connectivity index (χ1n) is 19.6. The van der Waals surface area contributed by atoms with Gasteiger partial charge in [-0.25, -0.2) is 39.4 Å². The van der Waals surface area contributed by atoms with Gasteiger partial charge in [-0.3, -0.25) is 18.9 Å². The molecule has 0 aliphatic heterocycles. The van der Waals surface area contributed by atoms with Gasteiger partial charge in [-0.1, -0.05) is 23.2 Å². The molecule has 2 aromatic carbocycles. The summed E-state index contributed by atoms with van der Waals surface area (Å²) in [7, 11) is -5.98. The topological polar surface area (TPSA) is 158 Å². The molecule has 3 heterocycles. The number of hydrogen-bond donors (Lipinski definition) is 2. The van der Waals surface area contributed by atoms with Gasteiger partial charge >= 0.3 is 0 Å². The number of carbonyl (C=O) groups is 1. The average Bonchev–Trinajstić information content (AvgIpc) is 4.09. The highest BCUT2D eigenvalue weighted by atomic mass is 127. The van der Waals surface area contributed by atoms with E-state index in [0.717, 1.165) is 18.4 Å². The lowest BCUT2D eigenvalue weighted by molar-refractivity contribution is -0.123. The van der Waals surface area contributed by atoms with Crippen LogP contribution in [0.15, 0.2) is 42.0 Å². The van der Waals surface area contributed by atoms with Crippen LogP contribution in [0.1, 0.15) is 92.3 Å². The Hall–Kier alpha value is -4.22. The van der Waals surface area contributed by atoms with Gasteiger partial charge in [0.25, 0.3) is 12.3 Å². The van der Waals surface area contributed by atoms with Gasteiger partial charge in [0.05, 0.1) is 49.6 Å². The normalized spacial score (nSPS) is 19.0. The quantitative estimate of drug-likeness (QED) is 0.0826. The second kappa shape index (κ2) is 15.7. The number of nitrogens with zero attached hydrogens (tertiary/aromatic N) is 5. The first-order valence-corrected chi connectivity index (χ1v) is 24.5. The molecule has 1 amide bonds. The standard InChI is InChI=1S/C41H39ClF6IN7O5S2/c1-18(40(2,3)63(60,61)22-6-7-22)10-29-28(49)16-24(23-8-9-27(42)33-36(23)55(4)53-39(33)54-62(5,58)59)34(51-29)30(13-19-11-20(43)14-21(44)12-19)50-31(57)17-56-37-32(35(52-56)38(45)46)25-15-26(25)41(37,47)48/h8-12,14,16,22,25-26,30,38H,6-7,13,15,17H2,1-5H3,(H,50,57)(H,53,54)/t25?,26-,30+/m1/s1. The van der Waals surface area contributed by atoms with E-state index in [1.54, 1.807) is 39.0 Å². The van der Waals surface area contributed by atoms with Crippen LogP contribution >= 0.6 is 34.2 Å². The third kappa shape index (κ3) is 8.23. The van der Waals surface area contributed by atoms with Crippen LogP contribution in [0.4, 0.5) is 32.2 Å². The van der Waals surface area contributed by atoms with E-state index in [1.807, 2.05) is 22.6 Å². The molecule has 2 saturated carbocycles. The molecule has 0 bridgehead atoms. The lowest BCUT2D eigenvalue weighted by atomic mass is 9.93. The highest BCUT2D eigenvalue weighted by Crippen LogP contribution is 2.68. The molecule has 2 fully saturated rings. The minimum absolute atomic E-state index is 0.00548. The molecule has 3 aliphatic rings. The monoisotopic (exact) mass is 1050 g/mol. The molecule has 3 aromatic heterocycles. The van der Waals surface area contributed by atoms with Gasteiger partial charge in [-0.2, -0.15) is 19.0 Å². The first kappa shape index (κ1) is 45.4. The Labute approximate surface area is 377 Å². The molecule has 0 spiro atoms. The van der Waals surface area contributed by atoms with E-state index in [9.17, 15) is 39.2 Å². The Bertz CT molecular complexity index is 2990. The minimum Gasteiger partial charge on any atom is -0.346 e. The van der Waals surface area contributed by atoms with Crippen molar-refractivity contribution in [1.29, 1.82) is 0 Å². The average molecular weight is 1050 g/mol. The summed E-state index contributed by atoms with van der Waals surface area (Å²) in [5.41, 5.74) is -0.262. The number of hydrogen-bond acceptors (Lipinski definition) is 8. The zero-order chi connectivity index (χ0) is 45.9. The van der Waals surface area contributed by atoms with Crippen molar-refractivity contribution in [2.45, 2.75) is 87.3 Å². The predicted octanol–water partition coefficient (Wildman–Crippen LogP) is 8.75. The highest BCUT2D eigenvalue weighted by molar-refractivity contribution is 14.1. The van der Waals surface area contributed by atoms with Crippen molar-refractivity contribution >= 4 is 82.8 Å². The van der Waals surface area contributed by atoms with Crippen molar-refractivity contribution in [2.24, 2.45) is 13.0 Å². The molecule has 0 saturated heterocycles. The summed E-state index contributed by atoms with van der Waals surface area (Å²) in [5, 5.41) is 10.7. The smallest absolute Gasteiger partial charge is 0.293 e. The number of alkyl halides is 4. The number of carbonyl (C=O) groups excluding carboxylic acids is 1. The molecule has 5 aromatic rings. The fourth-order valence-corrected chi connectivity index (χ4v) is 11.9. The third-order valence-electron chi connectivity index (χ3n) is 12.0. The Morgan fingerprint density at radius 3 is 2.33 bits per heavy atom. The number of halogens is 8. The molecule has 336 valence electrons. The summed E-state index contributed by atoms with van der Waals surface area (Å²) in [6.07, 6.45) is 0.0212. The number of benzene rings is 2. The zero-order valence-corrected chi connectivity index (χ0v) is 38.6. The van der Waals surface area contributed by atoms with Crippen molar-refractivity contribution in [3.05, 3.63) is 96.1 Å². The second-order valence-corrected chi connectivity index (χ2v) is 22.9. The van der Waals surface area contributed by atoms with Crippen molar-refractivity contribution < 1.29 is 48.0 Å². The molecule has 0 radical (unpaired) electrons. The minimum atomic E-state index is -3.87. The number of rotatable bonds is 14. The number of sulfonamides is 1. The van der Waals surface area contributed by atoms with Crippen LogP contribution in [-0.4, -0.2) is 63.5 Å². The van der Waals surface area contributed by atoms with E-state index >= 15 is 8.78 Å². The number of amides is 1. The van der Waals surface area contributed by atoms with Crippen molar-refractivity contribution in [2.75, 3.05) is 11.0 Å². The summed E-state index contributed by atoms with van der Waals surface area (Å²) < 4.78 is 144. The van der Waals surface area contributed by atoms with Crippen molar-refractivity contribution in [3.63, 3.8) is 0 Å². The Balaban J connectivity index is 1.32. The molecule has 63 heavy (non-hydrogen) atoms. The van der Waals surface area contributed by atoms with Gasteiger partial charge in [-0.05, 0) is 111 Å². The maximum absolute atomic E-state index is 15.5. The fourth-order valence-electron chi connectivity index (χ4n) is 8.48. The maximum Gasteiger partial charge on any atom is 0.293 e. The van der Waals surface area contributed by atoms with Gasteiger partial charge in [0.1, 0.15) is 29.6 Å². The van der Waals surface area contributed by atoms with Crippen LogP contribution in [0.2, 0.25) is 5.02 Å². The maximum atomic E-state index is 15.5. The summed E-state index contributed by atoms with van der Waals surface area (Å²) in [6.45, 7) is 3.88. The zero-order valence-electron chi connectivity index (χ0n) is 34.1. The molecule has 3 atom stereocenters. The number of nitrogens with one attached hydrogen (secondary N) is 2. The summed E-state index contributed by atoms with van der Waals surface area (Å²) in [6, 6.07) is 6.07. The van der Waals surface area contributed by atoms with Gasteiger partial charge in [-0.15, -0.1) is 0 Å². The second-order valence-electron chi connectivity index (χ2n) is 16.8. The molecule has 1 unspecified atom stereocenters. The lowest BCUT2D eigenvalue weighted by Crippen LogP contribution is -2.36. The van der Waals surface area contributed by atoms with E-state index in [-0.39, 0.29) is 62.7 Å². The van der Waals surface area contributed by atoms with Gasteiger partial charge in [0.2, 0.25) is 15.9 Å². The molecular formula is C41H39ClF6IN7O5S2. The largest absolute Gasteiger partial charge is 0.346 e. The summed E-state index contributed by atoms with van der Waals surface area (Å²) >= 11 is 8.66. The van der Waals surface area contributed by atoms with Crippen molar-refractivity contribution in [1.82, 2.24) is 29.9 Å². The van der Waals surface area contributed by atoms with Crippen LogP contribution < -0.4 is 10.0 Å². The van der Waals surface area contributed by atoms with Gasteiger partial charge in [0, 0.05) is 39.3 Å². The summed E-state index contributed by atoms with van der Waals surface area (Å²) in [4.78, 5) is 19.2. The van der Waals surface area contributed by atoms with E-state index in [1.165, 1.54) is 17.8 Å². The van der Waals surface area contributed by atoms with Crippen LogP contribution in [0.5, 0.6) is 0 Å². The lowest BCUT2D eigenvalue weighted by Gasteiger charge is -2.27. The molecule has 3 aliphatic carbocycles. The summed E-state index contributed by atoms with van der Waals surface area (Å²) in [5.74, 6) is -8.53. The predicted molar refractivity (Wildman–Crippen MR) is 233 cm³/mol. The fraction of sp³-hybridized carbons (Fsp3) is 0.415. The van der Waals surface area contributed by atoms with Crippen LogP contribution in [-0.2, 0) is 50.6 Å². The number of sulfone groups is 1. The van der Waals surface area contributed by atoms with E-state index in [4.69, 9.17) is 16.6 Å². The molecule has 8 rings (SSSR count). The number of pyridine rings is 1. The van der Waals surface area contributed by atoms with Crippen LogP contribution in [0.3, 0.4) is 0 Å². The van der Waals surface area contributed by atoms with E-state index < -0.39 is 95.6 Å². The number of anilines is 1. The molecule has 2 N–H and O–H groups in total. The van der Waals surface area contributed by atoms with E-state index in [0.29, 0.717) is 38.3 Å². The van der Waals surface area contributed by atoms with Crippen LogP contribution in [0, 0.1) is 21.1 Å². The molecule has 12 nitrogen and oxygen atoms in total. The number of aryl methyl sites for hydroxylation is 1. The van der Waals surface area contributed by atoms with Crippen LogP contribution in [0.25, 0.3) is 28.1 Å².